The SMILES string of the molecule is c1ccc2c(c1)-c1ccccc1C21c2ccccc2-c2cccc(-n3c4ccccc4c4ccccc43)c21. The van der Waals surface area contributed by atoms with Crippen LogP contribution in [0.1, 0.15) is 22.3 Å². The number of nitrogens with zero attached hydrogens (tertiary/aromatic N) is 1. The zero-order chi connectivity index (χ0) is 24.8. The lowest BCUT2D eigenvalue weighted by atomic mass is 9.70. The minimum atomic E-state index is -0.373. The van der Waals surface area contributed by atoms with Crippen molar-refractivity contribution in [2.24, 2.45) is 0 Å². The van der Waals surface area contributed by atoms with Crippen molar-refractivity contribution in [3.63, 3.8) is 0 Å². The monoisotopic (exact) mass is 481 g/mol. The molecule has 0 fully saturated rings. The average Bonchev–Trinajstić information content (AvgIpc) is 3.59. The number of hydrogen-bond acceptors (Lipinski definition) is 0. The number of benzene rings is 6. The summed E-state index contributed by atoms with van der Waals surface area (Å²) in [5, 5.41) is 2.58. The van der Waals surface area contributed by atoms with Crippen molar-refractivity contribution in [2.75, 3.05) is 0 Å². The molecule has 1 nitrogen and oxygen atoms in total. The van der Waals surface area contributed by atoms with Crippen LogP contribution in [0.2, 0.25) is 0 Å². The van der Waals surface area contributed by atoms with Gasteiger partial charge >= 0.3 is 0 Å². The van der Waals surface area contributed by atoms with Crippen LogP contribution in [0.25, 0.3) is 49.7 Å². The fourth-order valence-electron chi connectivity index (χ4n) is 7.50. The second-order valence-electron chi connectivity index (χ2n) is 10.5. The molecule has 0 atom stereocenters. The lowest BCUT2D eigenvalue weighted by molar-refractivity contribution is 0.786. The first-order valence-electron chi connectivity index (χ1n) is 13.3. The van der Waals surface area contributed by atoms with Gasteiger partial charge in [-0.3, -0.25) is 0 Å². The predicted molar refractivity (Wildman–Crippen MR) is 157 cm³/mol. The van der Waals surface area contributed by atoms with Gasteiger partial charge in [-0.25, -0.2) is 0 Å². The fourth-order valence-corrected chi connectivity index (χ4v) is 7.50. The van der Waals surface area contributed by atoms with E-state index in [1.165, 1.54) is 72.0 Å². The second-order valence-corrected chi connectivity index (χ2v) is 10.5. The summed E-state index contributed by atoms with van der Waals surface area (Å²) in [7, 11) is 0. The minimum Gasteiger partial charge on any atom is -0.309 e. The highest BCUT2D eigenvalue weighted by molar-refractivity contribution is 6.10. The first kappa shape index (κ1) is 20.2. The molecule has 0 bridgehead atoms. The number of fused-ring (bicyclic) bond motifs is 13. The topological polar surface area (TPSA) is 4.93 Å². The Hall–Kier alpha value is -4.88. The summed E-state index contributed by atoms with van der Waals surface area (Å²) in [6, 6.07) is 51.6. The molecule has 38 heavy (non-hydrogen) atoms. The Kier molecular flexibility index (Phi) is 3.78. The zero-order valence-corrected chi connectivity index (χ0v) is 20.7. The molecule has 0 saturated heterocycles. The third-order valence-electron chi connectivity index (χ3n) is 8.81. The van der Waals surface area contributed by atoms with Crippen LogP contribution in [0.15, 0.2) is 140 Å². The molecular weight excluding hydrogens is 458 g/mol. The summed E-state index contributed by atoms with van der Waals surface area (Å²) in [6.07, 6.45) is 0. The van der Waals surface area contributed by atoms with Crippen molar-refractivity contribution >= 4 is 21.8 Å². The van der Waals surface area contributed by atoms with Gasteiger partial charge in [-0.1, -0.05) is 121 Å². The molecular formula is C37H23N. The van der Waals surface area contributed by atoms with Gasteiger partial charge in [0.1, 0.15) is 0 Å². The molecule has 2 aliphatic carbocycles. The van der Waals surface area contributed by atoms with E-state index >= 15 is 0 Å². The van der Waals surface area contributed by atoms with Gasteiger partial charge in [0.05, 0.1) is 22.1 Å². The Morgan fingerprint density at radius 2 is 0.789 bits per heavy atom. The van der Waals surface area contributed by atoms with E-state index in [0.29, 0.717) is 0 Å². The Labute approximate surface area is 221 Å². The van der Waals surface area contributed by atoms with Gasteiger partial charge in [0.2, 0.25) is 0 Å². The van der Waals surface area contributed by atoms with E-state index in [1.807, 2.05) is 0 Å². The smallest absolute Gasteiger partial charge is 0.0746 e. The summed E-state index contributed by atoms with van der Waals surface area (Å²) in [6.45, 7) is 0. The number of para-hydroxylation sites is 2. The van der Waals surface area contributed by atoms with Crippen LogP contribution < -0.4 is 0 Å². The highest BCUT2D eigenvalue weighted by atomic mass is 15.0. The van der Waals surface area contributed by atoms with Gasteiger partial charge < -0.3 is 4.57 Å². The second kappa shape index (κ2) is 7.12. The molecule has 6 aromatic carbocycles. The highest BCUT2D eigenvalue weighted by Gasteiger charge is 2.52. The lowest BCUT2D eigenvalue weighted by Crippen LogP contribution is -2.27. The molecule has 0 aliphatic heterocycles. The van der Waals surface area contributed by atoms with Crippen LogP contribution in [0.5, 0.6) is 0 Å². The summed E-state index contributed by atoms with van der Waals surface area (Å²) in [4.78, 5) is 0. The number of hydrogen-bond donors (Lipinski definition) is 0. The van der Waals surface area contributed by atoms with Crippen molar-refractivity contribution in [3.05, 3.63) is 162 Å². The molecule has 1 heterocycles. The van der Waals surface area contributed by atoms with Gasteiger partial charge in [-0.15, -0.1) is 0 Å². The molecule has 0 N–H and O–H groups in total. The molecule has 9 rings (SSSR count). The Bertz CT molecular complexity index is 1970. The fraction of sp³-hybridized carbons (Fsp3) is 0.0270. The molecule has 1 heteroatoms. The molecule has 0 radical (unpaired) electrons. The van der Waals surface area contributed by atoms with Crippen molar-refractivity contribution < 1.29 is 0 Å². The third kappa shape index (κ3) is 2.25. The third-order valence-corrected chi connectivity index (χ3v) is 8.81. The van der Waals surface area contributed by atoms with Crippen LogP contribution in [0.3, 0.4) is 0 Å². The first-order chi connectivity index (χ1) is 18.9. The van der Waals surface area contributed by atoms with Crippen molar-refractivity contribution in [2.45, 2.75) is 5.41 Å². The van der Waals surface area contributed by atoms with Gasteiger partial charge in [0, 0.05) is 16.3 Å². The summed E-state index contributed by atoms with van der Waals surface area (Å²) < 4.78 is 2.50. The van der Waals surface area contributed by atoms with Gasteiger partial charge in [-0.05, 0) is 57.1 Å². The van der Waals surface area contributed by atoms with Crippen molar-refractivity contribution in [3.8, 4) is 27.9 Å². The Balaban J connectivity index is 1.52. The van der Waals surface area contributed by atoms with Crippen molar-refractivity contribution in [1.29, 1.82) is 0 Å². The molecule has 1 aromatic heterocycles. The molecule has 2 aliphatic rings. The molecule has 0 unspecified atom stereocenters. The number of rotatable bonds is 1. The molecule has 1 spiro atoms. The van der Waals surface area contributed by atoms with E-state index in [0.717, 1.165) is 0 Å². The summed E-state index contributed by atoms with van der Waals surface area (Å²) in [5.74, 6) is 0. The number of aromatic nitrogens is 1. The quantitative estimate of drug-likeness (QED) is 0.220. The Morgan fingerprint density at radius 1 is 0.368 bits per heavy atom. The standard InChI is InChI=1S/C37H23N/c1-6-18-30-24(12-1)25-13-2-7-19-31(25)37(30)32-20-8-3-14-26(32)29-17-11-23-35(36(29)37)38-33-21-9-4-15-27(33)28-16-5-10-22-34(28)38/h1-23H. The predicted octanol–water partition coefficient (Wildman–Crippen LogP) is 9.13. The molecule has 7 aromatic rings. The van der Waals surface area contributed by atoms with Crippen LogP contribution in [-0.2, 0) is 5.41 Å². The molecule has 0 amide bonds. The normalized spacial score (nSPS) is 14.0. The zero-order valence-electron chi connectivity index (χ0n) is 20.7. The maximum Gasteiger partial charge on any atom is 0.0746 e. The van der Waals surface area contributed by atoms with Crippen molar-refractivity contribution in [1.82, 2.24) is 4.57 Å². The van der Waals surface area contributed by atoms with Crippen LogP contribution in [-0.4, -0.2) is 4.57 Å². The Morgan fingerprint density at radius 3 is 1.34 bits per heavy atom. The van der Waals surface area contributed by atoms with E-state index in [4.69, 9.17) is 0 Å². The summed E-state index contributed by atoms with van der Waals surface area (Å²) in [5.41, 5.74) is 14.2. The van der Waals surface area contributed by atoms with E-state index in [-0.39, 0.29) is 5.41 Å². The maximum absolute atomic E-state index is 2.50. The maximum atomic E-state index is 2.50. The highest BCUT2D eigenvalue weighted by Crippen LogP contribution is 2.64. The molecule has 0 saturated carbocycles. The van der Waals surface area contributed by atoms with E-state index in [1.54, 1.807) is 0 Å². The minimum absolute atomic E-state index is 0.373. The van der Waals surface area contributed by atoms with E-state index < -0.39 is 0 Å². The van der Waals surface area contributed by atoms with E-state index in [2.05, 4.69) is 144 Å². The van der Waals surface area contributed by atoms with Gasteiger partial charge in [0.15, 0.2) is 0 Å². The first-order valence-corrected chi connectivity index (χ1v) is 13.3. The van der Waals surface area contributed by atoms with Gasteiger partial charge in [-0.2, -0.15) is 0 Å². The van der Waals surface area contributed by atoms with Crippen LogP contribution in [0.4, 0.5) is 0 Å². The van der Waals surface area contributed by atoms with E-state index in [9.17, 15) is 0 Å². The summed E-state index contributed by atoms with van der Waals surface area (Å²) >= 11 is 0. The van der Waals surface area contributed by atoms with Crippen LogP contribution >= 0.6 is 0 Å². The lowest BCUT2D eigenvalue weighted by Gasteiger charge is -2.32. The average molecular weight is 482 g/mol. The molecule has 176 valence electrons. The largest absolute Gasteiger partial charge is 0.309 e. The van der Waals surface area contributed by atoms with Crippen LogP contribution in [0, 0.1) is 0 Å². The van der Waals surface area contributed by atoms with Gasteiger partial charge in [0.25, 0.3) is 0 Å².